The molecular formula is C12H9N5O2S2. The number of carboxylic acids is 1. The molecule has 0 aliphatic carbocycles. The number of hydrogen-bond donors (Lipinski definition) is 1. The molecule has 0 saturated carbocycles. The van der Waals surface area contributed by atoms with Crippen molar-refractivity contribution >= 4 is 29.1 Å². The Morgan fingerprint density at radius 2 is 2.14 bits per heavy atom. The van der Waals surface area contributed by atoms with Crippen LogP contribution in [0.1, 0.15) is 15.2 Å². The van der Waals surface area contributed by atoms with E-state index in [0.29, 0.717) is 16.0 Å². The number of hydrogen-bond acceptors (Lipinski definition) is 7. The minimum absolute atomic E-state index is 0.194. The first kappa shape index (κ1) is 13.7. The van der Waals surface area contributed by atoms with Gasteiger partial charge in [-0.25, -0.2) is 14.5 Å². The van der Waals surface area contributed by atoms with Gasteiger partial charge in [0.05, 0.1) is 12.7 Å². The Kier molecular flexibility index (Phi) is 3.93. The molecule has 0 aliphatic rings. The van der Waals surface area contributed by atoms with E-state index in [1.54, 1.807) is 4.68 Å². The summed E-state index contributed by atoms with van der Waals surface area (Å²) >= 11 is 2.35. The Balaban J connectivity index is 1.77. The van der Waals surface area contributed by atoms with Crippen molar-refractivity contribution in [3.05, 3.63) is 47.0 Å². The molecule has 0 aliphatic heterocycles. The highest BCUT2D eigenvalue weighted by atomic mass is 32.2. The van der Waals surface area contributed by atoms with Gasteiger partial charge in [0.25, 0.3) is 0 Å². The van der Waals surface area contributed by atoms with Gasteiger partial charge in [0, 0.05) is 0 Å². The SMILES string of the molecule is O=C(O)c1cnc(Sc2nnnn2Cc2ccccc2)s1. The molecule has 7 nitrogen and oxygen atoms in total. The number of rotatable bonds is 5. The summed E-state index contributed by atoms with van der Waals surface area (Å²) in [6.45, 7) is 0.549. The molecule has 21 heavy (non-hydrogen) atoms. The number of aromatic nitrogens is 5. The maximum absolute atomic E-state index is 10.8. The molecule has 1 aromatic carbocycles. The second-order valence-corrected chi connectivity index (χ2v) is 6.25. The highest BCUT2D eigenvalue weighted by Crippen LogP contribution is 2.29. The van der Waals surface area contributed by atoms with Gasteiger partial charge in [-0.3, -0.25) is 0 Å². The van der Waals surface area contributed by atoms with Gasteiger partial charge >= 0.3 is 5.97 Å². The van der Waals surface area contributed by atoms with Crippen LogP contribution in [0, 0.1) is 0 Å². The quantitative estimate of drug-likeness (QED) is 0.769. The van der Waals surface area contributed by atoms with E-state index in [1.165, 1.54) is 18.0 Å². The zero-order valence-electron chi connectivity index (χ0n) is 10.6. The molecule has 0 radical (unpaired) electrons. The summed E-state index contributed by atoms with van der Waals surface area (Å²) in [5, 5.41) is 21.0. The van der Waals surface area contributed by atoms with E-state index >= 15 is 0 Å². The molecule has 9 heteroatoms. The average Bonchev–Trinajstić information content (AvgIpc) is 3.11. The van der Waals surface area contributed by atoms with E-state index in [1.807, 2.05) is 30.3 Å². The zero-order valence-corrected chi connectivity index (χ0v) is 12.2. The van der Waals surface area contributed by atoms with Crippen LogP contribution in [0.5, 0.6) is 0 Å². The van der Waals surface area contributed by atoms with Gasteiger partial charge < -0.3 is 5.11 Å². The number of nitrogens with zero attached hydrogens (tertiary/aromatic N) is 5. The molecule has 1 N–H and O–H groups in total. The van der Waals surface area contributed by atoms with E-state index in [-0.39, 0.29) is 4.88 Å². The van der Waals surface area contributed by atoms with Crippen molar-refractivity contribution < 1.29 is 9.90 Å². The molecule has 0 saturated heterocycles. The largest absolute Gasteiger partial charge is 0.477 e. The fourth-order valence-corrected chi connectivity index (χ4v) is 3.30. The van der Waals surface area contributed by atoms with Crippen LogP contribution < -0.4 is 0 Å². The molecule has 3 rings (SSSR count). The maximum atomic E-state index is 10.8. The highest BCUT2D eigenvalue weighted by Gasteiger charge is 2.14. The molecule has 2 aromatic heterocycles. The number of thiazole rings is 1. The lowest BCUT2D eigenvalue weighted by Gasteiger charge is -2.02. The smallest absolute Gasteiger partial charge is 0.347 e. The molecule has 0 unspecified atom stereocenters. The van der Waals surface area contributed by atoms with E-state index in [2.05, 4.69) is 20.5 Å². The number of aromatic carboxylic acids is 1. The first-order valence-electron chi connectivity index (χ1n) is 5.89. The van der Waals surface area contributed by atoms with Gasteiger partial charge in [-0.2, -0.15) is 0 Å². The number of tetrazole rings is 1. The van der Waals surface area contributed by atoms with Crippen molar-refractivity contribution in [2.45, 2.75) is 16.0 Å². The maximum Gasteiger partial charge on any atom is 0.347 e. The minimum atomic E-state index is -0.983. The Morgan fingerprint density at radius 3 is 2.86 bits per heavy atom. The van der Waals surface area contributed by atoms with E-state index in [4.69, 9.17) is 5.11 Å². The monoisotopic (exact) mass is 319 g/mol. The van der Waals surface area contributed by atoms with Crippen LogP contribution in [0.4, 0.5) is 0 Å². The zero-order chi connectivity index (χ0) is 14.7. The lowest BCUT2D eigenvalue weighted by atomic mass is 10.2. The van der Waals surface area contributed by atoms with Crippen molar-refractivity contribution in [2.75, 3.05) is 0 Å². The third-order valence-electron chi connectivity index (χ3n) is 2.55. The van der Waals surface area contributed by atoms with Gasteiger partial charge in [-0.1, -0.05) is 30.3 Å². The lowest BCUT2D eigenvalue weighted by molar-refractivity contribution is 0.0702. The molecular weight excluding hydrogens is 310 g/mol. The van der Waals surface area contributed by atoms with Crippen LogP contribution in [0.2, 0.25) is 0 Å². The molecule has 0 atom stereocenters. The molecule has 2 heterocycles. The summed E-state index contributed by atoms with van der Waals surface area (Å²) in [6.07, 6.45) is 1.33. The summed E-state index contributed by atoms with van der Waals surface area (Å²) < 4.78 is 2.25. The fourth-order valence-electron chi connectivity index (χ4n) is 1.61. The van der Waals surface area contributed by atoms with Gasteiger partial charge in [-0.15, -0.1) is 16.4 Å². The van der Waals surface area contributed by atoms with E-state index in [9.17, 15) is 4.79 Å². The van der Waals surface area contributed by atoms with Crippen LogP contribution in [0.15, 0.2) is 46.0 Å². The Bertz CT molecular complexity index is 756. The third-order valence-corrected chi connectivity index (χ3v) is 4.58. The predicted octanol–water partition coefficient (Wildman–Crippen LogP) is 2.03. The van der Waals surface area contributed by atoms with Crippen LogP contribution in [-0.4, -0.2) is 36.3 Å². The number of carboxylic acid groups (broad SMARTS) is 1. The van der Waals surface area contributed by atoms with Crippen LogP contribution >= 0.6 is 23.1 Å². The fraction of sp³-hybridized carbons (Fsp3) is 0.0833. The second-order valence-electron chi connectivity index (χ2n) is 4.00. The topological polar surface area (TPSA) is 93.8 Å². The minimum Gasteiger partial charge on any atom is -0.477 e. The summed E-state index contributed by atoms with van der Waals surface area (Å²) in [5.41, 5.74) is 1.08. The normalized spacial score (nSPS) is 10.7. The molecule has 106 valence electrons. The molecule has 0 amide bonds. The van der Waals surface area contributed by atoms with E-state index < -0.39 is 5.97 Å². The summed E-state index contributed by atoms with van der Waals surface area (Å²) in [4.78, 5) is 15.1. The Morgan fingerprint density at radius 1 is 1.33 bits per heavy atom. The third kappa shape index (κ3) is 3.26. The van der Waals surface area contributed by atoms with E-state index in [0.717, 1.165) is 16.9 Å². The summed E-state index contributed by atoms with van der Waals surface area (Å²) in [6, 6.07) is 9.82. The molecule has 0 spiro atoms. The van der Waals surface area contributed by atoms with Crippen molar-refractivity contribution in [2.24, 2.45) is 0 Å². The predicted molar refractivity (Wildman–Crippen MR) is 76.6 cm³/mol. The average molecular weight is 319 g/mol. The first-order valence-corrected chi connectivity index (χ1v) is 7.53. The van der Waals surface area contributed by atoms with Crippen molar-refractivity contribution in [1.29, 1.82) is 0 Å². The number of carbonyl (C=O) groups is 1. The molecule has 3 aromatic rings. The van der Waals surface area contributed by atoms with Gasteiger partial charge in [0.15, 0.2) is 4.34 Å². The van der Waals surface area contributed by atoms with Crippen molar-refractivity contribution in [3.8, 4) is 0 Å². The Hall–Kier alpha value is -2.26. The molecule has 0 fully saturated rings. The summed E-state index contributed by atoms with van der Waals surface area (Å²) in [5.74, 6) is -0.983. The molecule has 0 bridgehead atoms. The van der Waals surface area contributed by atoms with Crippen LogP contribution in [-0.2, 0) is 6.54 Å². The van der Waals surface area contributed by atoms with Crippen LogP contribution in [0.25, 0.3) is 0 Å². The number of benzene rings is 1. The van der Waals surface area contributed by atoms with Gasteiger partial charge in [-0.05, 0) is 27.8 Å². The standard InChI is InChI=1S/C12H9N5O2S2/c18-10(19)9-6-13-12(20-9)21-11-14-15-16-17(11)7-8-4-2-1-3-5-8/h1-6H,7H2,(H,18,19). The first-order chi connectivity index (χ1) is 10.2. The highest BCUT2D eigenvalue weighted by molar-refractivity contribution is 8.00. The van der Waals surface area contributed by atoms with Gasteiger partial charge in [0.1, 0.15) is 4.88 Å². The second kappa shape index (κ2) is 6.02. The lowest BCUT2D eigenvalue weighted by Crippen LogP contribution is -2.03. The Labute approximate surface area is 127 Å². The van der Waals surface area contributed by atoms with Crippen molar-refractivity contribution in [1.82, 2.24) is 25.2 Å². The van der Waals surface area contributed by atoms with Crippen molar-refractivity contribution in [3.63, 3.8) is 0 Å². The van der Waals surface area contributed by atoms with Gasteiger partial charge in [0.2, 0.25) is 5.16 Å². The van der Waals surface area contributed by atoms with Crippen LogP contribution in [0.3, 0.4) is 0 Å². The summed E-state index contributed by atoms with van der Waals surface area (Å²) in [7, 11) is 0.